The van der Waals surface area contributed by atoms with E-state index in [0.717, 1.165) is 11.1 Å². The average Bonchev–Trinajstić information content (AvgIpc) is 2.86. The first-order valence-corrected chi connectivity index (χ1v) is 6.75. The Bertz CT molecular complexity index is 578. The van der Waals surface area contributed by atoms with Crippen LogP contribution in [0.1, 0.15) is 31.0 Å². The second-order valence-corrected chi connectivity index (χ2v) is 5.36. The molecule has 0 fully saturated rings. The van der Waals surface area contributed by atoms with Crippen LogP contribution in [0, 0.1) is 11.7 Å². The molecule has 2 N–H and O–H groups in total. The van der Waals surface area contributed by atoms with Gasteiger partial charge in [-0.2, -0.15) is 0 Å². The highest BCUT2D eigenvalue weighted by Crippen LogP contribution is 2.21. The minimum absolute atomic E-state index is 0.0313. The summed E-state index contributed by atoms with van der Waals surface area (Å²) in [7, 11) is 1.46. The van der Waals surface area contributed by atoms with Crippen molar-refractivity contribution in [2.24, 2.45) is 11.7 Å². The zero-order chi connectivity index (χ0) is 14.7. The van der Waals surface area contributed by atoms with Crippen LogP contribution in [-0.4, -0.2) is 11.7 Å². The monoisotopic (exact) mass is 276 g/mol. The summed E-state index contributed by atoms with van der Waals surface area (Å²) in [5.74, 6) is 0.323. The van der Waals surface area contributed by atoms with Crippen LogP contribution in [0.3, 0.4) is 0 Å². The number of ether oxygens (including phenoxy) is 1. The predicted molar refractivity (Wildman–Crippen MR) is 78.3 cm³/mol. The van der Waals surface area contributed by atoms with E-state index < -0.39 is 0 Å². The van der Waals surface area contributed by atoms with E-state index in [1.807, 2.05) is 29.1 Å². The van der Waals surface area contributed by atoms with Gasteiger partial charge in [0, 0.05) is 25.0 Å². The fraction of sp³-hybridized carbons (Fsp3) is 0.375. The summed E-state index contributed by atoms with van der Waals surface area (Å²) in [4.78, 5) is 0. The minimum atomic E-state index is -0.337. The third kappa shape index (κ3) is 3.20. The van der Waals surface area contributed by atoms with Crippen molar-refractivity contribution in [3.8, 4) is 5.75 Å². The van der Waals surface area contributed by atoms with E-state index in [1.54, 1.807) is 6.07 Å². The molecule has 1 heterocycles. The Labute approximate surface area is 119 Å². The zero-order valence-electron chi connectivity index (χ0n) is 12.1. The first-order valence-electron chi connectivity index (χ1n) is 6.75. The number of benzene rings is 1. The van der Waals surface area contributed by atoms with Crippen LogP contribution >= 0.6 is 0 Å². The van der Waals surface area contributed by atoms with Crippen LogP contribution in [0.5, 0.6) is 5.75 Å². The molecule has 1 aromatic carbocycles. The van der Waals surface area contributed by atoms with Gasteiger partial charge in [-0.25, -0.2) is 4.39 Å². The number of rotatable bonds is 5. The highest BCUT2D eigenvalue weighted by Gasteiger charge is 2.11. The second-order valence-electron chi connectivity index (χ2n) is 5.36. The largest absolute Gasteiger partial charge is 0.494 e. The molecule has 1 unspecified atom stereocenters. The molecule has 2 rings (SSSR count). The minimum Gasteiger partial charge on any atom is -0.494 e. The lowest BCUT2D eigenvalue weighted by Gasteiger charge is -2.13. The molecule has 0 radical (unpaired) electrons. The van der Waals surface area contributed by atoms with Crippen molar-refractivity contribution in [3.05, 3.63) is 53.6 Å². The summed E-state index contributed by atoms with van der Waals surface area (Å²) in [6.45, 7) is 4.81. The van der Waals surface area contributed by atoms with Gasteiger partial charge >= 0.3 is 0 Å². The Balaban J connectivity index is 2.12. The van der Waals surface area contributed by atoms with Gasteiger partial charge in [0.05, 0.1) is 7.11 Å². The van der Waals surface area contributed by atoms with E-state index in [2.05, 4.69) is 13.8 Å². The molecule has 0 saturated carbocycles. The summed E-state index contributed by atoms with van der Waals surface area (Å²) >= 11 is 0. The van der Waals surface area contributed by atoms with Gasteiger partial charge in [0.25, 0.3) is 0 Å². The van der Waals surface area contributed by atoms with Crippen molar-refractivity contribution < 1.29 is 9.13 Å². The fourth-order valence-corrected chi connectivity index (χ4v) is 2.16. The molecule has 0 aliphatic carbocycles. The standard InChI is InChI=1S/C16H21FN2O/c1-11(2)16(18)13-6-7-19(10-13)9-12-4-5-15(20-3)14(17)8-12/h4-8,10-11,16H,9,18H2,1-3H3. The third-order valence-electron chi connectivity index (χ3n) is 3.46. The number of methoxy groups -OCH3 is 1. The van der Waals surface area contributed by atoms with Crippen molar-refractivity contribution in [2.75, 3.05) is 7.11 Å². The Morgan fingerprint density at radius 2 is 2.05 bits per heavy atom. The summed E-state index contributed by atoms with van der Waals surface area (Å²) in [5, 5.41) is 0. The van der Waals surface area contributed by atoms with Crippen molar-refractivity contribution in [2.45, 2.75) is 26.4 Å². The van der Waals surface area contributed by atoms with Crippen molar-refractivity contribution in [1.29, 1.82) is 0 Å². The third-order valence-corrected chi connectivity index (χ3v) is 3.46. The topological polar surface area (TPSA) is 40.2 Å². The van der Waals surface area contributed by atoms with Gasteiger partial charge in [0.15, 0.2) is 11.6 Å². The number of halogens is 1. The molecule has 2 aromatic rings. The molecular formula is C16H21FN2O. The Kier molecular flexibility index (Phi) is 4.45. The van der Waals surface area contributed by atoms with E-state index in [0.29, 0.717) is 12.5 Å². The molecule has 0 aliphatic heterocycles. The summed E-state index contributed by atoms with van der Waals surface area (Å²) in [6.07, 6.45) is 3.99. The van der Waals surface area contributed by atoms with Gasteiger partial charge in [0.1, 0.15) is 0 Å². The van der Waals surface area contributed by atoms with E-state index in [-0.39, 0.29) is 17.6 Å². The van der Waals surface area contributed by atoms with Crippen molar-refractivity contribution in [1.82, 2.24) is 4.57 Å². The molecule has 1 atom stereocenters. The SMILES string of the molecule is COc1ccc(Cn2ccc(C(N)C(C)C)c2)cc1F. The van der Waals surface area contributed by atoms with E-state index >= 15 is 0 Å². The second kappa shape index (κ2) is 6.09. The molecule has 108 valence electrons. The van der Waals surface area contributed by atoms with Gasteiger partial charge in [-0.15, -0.1) is 0 Å². The first kappa shape index (κ1) is 14.6. The molecule has 0 amide bonds. The lowest BCUT2D eigenvalue weighted by atomic mass is 10.00. The quantitative estimate of drug-likeness (QED) is 0.909. The normalized spacial score (nSPS) is 12.7. The number of nitrogens with zero attached hydrogens (tertiary/aromatic N) is 1. The Hall–Kier alpha value is -1.81. The van der Waals surface area contributed by atoms with Gasteiger partial charge in [-0.05, 0) is 35.2 Å². The van der Waals surface area contributed by atoms with E-state index in [1.165, 1.54) is 13.2 Å². The molecule has 20 heavy (non-hydrogen) atoms. The van der Waals surface area contributed by atoms with E-state index in [9.17, 15) is 4.39 Å². The highest BCUT2D eigenvalue weighted by atomic mass is 19.1. The summed E-state index contributed by atoms with van der Waals surface area (Å²) < 4.78 is 20.6. The van der Waals surface area contributed by atoms with Crippen LogP contribution in [0.2, 0.25) is 0 Å². The number of aromatic nitrogens is 1. The van der Waals surface area contributed by atoms with Crippen LogP contribution in [0.25, 0.3) is 0 Å². The Morgan fingerprint density at radius 3 is 2.65 bits per heavy atom. The lowest BCUT2D eigenvalue weighted by Crippen LogP contribution is -2.15. The molecule has 4 heteroatoms. The van der Waals surface area contributed by atoms with Crippen LogP contribution in [0.4, 0.5) is 4.39 Å². The smallest absolute Gasteiger partial charge is 0.165 e. The Morgan fingerprint density at radius 1 is 1.30 bits per heavy atom. The summed E-state index contributed by atoms with van der Waals surface area (Å²) in [5.41, 5.74) is 8.11. The van der Waals surface area contributed by atoms with Crippen molar-refractivity contribution in [3.63, 3.8) is 0 Å². The highest BCUT2D eigenvalue weighted by molar-refractivity contribution is 5.29. The molecule has 1 aromatic heterocycles. The zero-order valence-corrected chi connectivity index (χ0v) is 12.1. The predicted octanol–water partition coefficient (Wildman–Crippen LogP) is 3.34. The number of nitrogens with two attached hydrogens (primary N) is 1. The molecular weight excluding hydrogens is 255 g/mol. The maximum atomic E-state index is 13.6. The average molecular weight is 276 g/mol. The molecule has 0 saturated heterocycles. The molecule has 0 bridgehead atoms. The van der Waals surface area contributed by atoms with Crippen molar-refractivity contribution >= 4 is 0 Å². The fourth-order valence-electron chi connectivity index (χ4n) is 2.16. The molecule has 3 nitrogen and oxygen atoms in total. The van der Waals surface area contributed by atoms with Gasteiger partial charge in [0.2, 0.25) is 0 Å². The van der Waals surface area contributed by atoms with Crippen LogP contribution in [-0.2, 0) is 6.54 Å². The maximum absolute atomic E-state index is 13.6. The molecule has 0 aliphatic rings. The first-order chi connectivity index (χ1) is 9.51. The number of hydrogen-bond donors (Lipinski definition) is 1. The van der Waals surface area contributed by atoms with Gasteiger partial charge in [-0.3, -0.25) is 0 Å². The number of hydrogen-bond acceptors (Lipinski definition) is 2. The van der Waals surface area contributed by atoms with E-state index in [4.69, 9.17) is 10.5 Å². The van der Waals surface area contributed by atoms with Gasteiger partial charge in [-0.1, -0.05) is 19.9 Å². The molecule has 0 spiro atoms. The van der Waals surface area contributed by atoms with Crippen LogP contribution < -0.4 is 10.5 Å². The van der Waals surface area contributed by atoms with Crippen LogP contribution in [0.15, 0.2) is 36.7 Å². The lowest BCUT2D eigenvalue weighted by molar-refractivity contribution is 0.386. The summed E-state index contributed by atoms with van der Waals surface area (Å²) in [6, 6.07) is 7.06. The maximum Gasteiger partial charge on any atom is 0.165 e. The van der Waals surface area contributed by atoms with Gasteiger partial charge < -0.3 is 15.0 Å².